The molecule has 0 aliphatic carbocycles. The Labute approximate surface area is 104 Å². The monoisotopic (exact) mass is 240 g/mol. The molecular formula is C13H24N2O2. The number of aromatic nitrogens is 2. The van der Waals surface area contributed by atoms with Crippen LogP contribution in [0.5, 0.6) is 0 Å². The minimum atomic E-state index is 0.778. The van der Waals surface area contributed by atoms with Crippen LogP contribution in [-0.4, -0.2) is 36.0 Å². The molecule has 2 heterocycles. The van der Waals surface area contributed by atoms with E-state index in [1.165, 1.54) is 25.1 Å². The predicted molar refractivity (Wildman–Crippen MR) is 68.1 cm³/mol. The summed E-state index contributed by atoms with van der Waals surface area (Å²) in [6, 6.07) is 0. The fourth-order valence-electron chi connectivity index (χ4n) is 1.61. The van der Waals surface area contributed by atoms with Crippen LogP contribution in [0.3, 0.4) is 0 Å². The summed E-state index contributed by atoms with van der Waals surface area (Å²) in [7, 11) is 2.05. The molecule has 0 amide bonds. The van der Waals surface area contributed by atoms with Gasteiger partial charge in [-0.2, -0.15) is 0 Å². The first kappa shape index (κ1) is 14.2. The van der Waals surface area contributed by atoms with Crippen molar-refractivity contribution in [2.75, 3.05) is 26.4 Å². The summed E-state index contributed by atoms with van der Waals surface area (Å²) in [5.41, 5.74) is 0. The fraction of sp³-hybridized carbons (Fsp3) is 0.769. The standard InChI is InChI=1S/C9H16N2.C4H8O2/c1-3-4-5-6-9-10-7-8-11(9)2;1-2-6-4-3-5-1/h7-8H,3-6H2,1-2H3;1-4H2. The third-order valence-corrected chi connectivity index (χ3v) is 2.67. The van der Waals surface area contributed by atoms with E-state index in [9.17, 15) is 0 Å². The van der Waals surface area contributed by atoms with Gasteiger partial charge in [0.15, 0.2) is 0 Å². The van der Waals surface area contributed by atoms with Crippen LogP contribution in [-0.2, 0) is 22.9 Å². The molecular weight excluding hydrogens is 216 g/mol. The number of hydrogen-bond acceptors (Lipinski definition) is 3. The maximum absolute atomic E-state index is 4.94. The molecule has 0 radical (unpaired) electrons. The second-order valence-electron chi connectivity index (χ2n) is 4.14. The van der Waals surface area contributed by atoms with Gasteiger partial charge in [0.2, 0.25) is 0 Å². The molecule has 2 rings (SSSR count). The van der Waals surface area contributed by atoms with Crippen molar-refractivity contribution in [2.45, 2.75) is 32.6 Å². The minimum Gasteiger partial charge on any atom is -0.377 e. The van der Waals surface area contributed by atoms with Crippen molar-refractivity contribution in [2.24, 2.45) is 7.05 Å². The van der Waals surface area contributed by atoms with Crippen LogP contribution >= 0.6 is 0 Å². The first-order valence-corrected chi connectivity index (χ1v) is 6.46. The number of imidazole rings is 1. The van der Waals surface area contributed by atoms with Gasteiger partial charge >= 0.3 is 0 Å². The Kier molecular flexibility index (Phi) is 7.67. The number of nitrogens with zero attached hydrogens (tertiary/aromatic N) is 2. The van der Waals surface area contributed by atoms with E-state index in [0.29, 0.717) is 0 Å². The average Bonchev–Trinajstić information content (AvgIpc) is 2.79. The number of ether oxygens (including phenoxy) is 2. The molecule has 4 heteroatoms. The minimum absolute atomic E-state index is 0.778. The lowest BCUT2D eigenvalue weighted by Gasteiger charge is -2.09. The summed E-state index contributed by atoms with van der Waals surface area (Å²) < 4.78 is 12.0. The van der Waals surface area contributed by atoms with Gasteiger partial charge in [0, 0.05) is 25.9 Å². The van der Waals surface area contributed by atoms with Crippen molar-refractivity contribution in [3.05, 3.63) is 18.2 Å². The number of unbranched alkanes of at least 4 members (excludes halogenated alkanes) is 2. The van der Waals surface area contributed by atoms with Gasteiger partial charge in [-0.05, 0) is 6.42 Å². The van der Waals surface area contributed by atoms with Gasteiger partial charge in [-0.1, -0.05) is 19.8 Å². The van der Waals surface area contributed by atoms with Crippen molar-refractivity contribution < 1.29 is 9.47 Å². The highest BCUT2D eigenvalue weighted by Crippen LogP contribution is 2.02. The second-order valence-corrected chi connectivity index (χ2v) is 4.14. The topological polar surface area (TPSA) is 36.3 Å². The Morgan fingerprint density at radius 1 is 1.18 bits per heavy atom. The third-order valence-electron chi connectivity index (χ3n) is 2.67. The molecule has 0 N–H and O–H groups in total. The van der Waals surface area contributed by atoms with Crippen molar-refractivity contribution in [3.8, 4) is 0 Å². The molecule has 4 nitrogen and oxygen atoms in total. The molecule has 1 aromatic rings. The van der Waals surface area contributed by atoms with Crippen LogP contribution in [0.2, 0.25) is 0 Å². The van der Waals surface area contributed by atoms with Crippen LogP contribution in [0.15, 0.2) is 12.4 Å². The van der Waals surface area contributed by atoms with Crippen LogP contribution in [0.25, 0.3) is 0 Å². The normalized spacial score (nSPS) is 15.2. The van der Waals surface area contributed by atoms with Crippen LogP contribution in [0.1, 0.15) is 32.0 Å². The highest BCUT2D eigenvalue weighted by Gasteiger charge is 1.96. The summed E-state index contributed by atoms with van der Waals surface area (Å²) in [5.74, 6) is 1.21. The molecule has 0 saturated carbocycles. The largest absolute Gasteiger partial charge is 0.377 e. The van der Waals surface area contributed by atoms with E-state index in [4.69, 9.17) is 9.47 Å². The predicted octanol–water partition coefficient (Wildman–Crippen LogP) is 2.19. The molecule has 1 aromatic heterocycles. The Bertz CT molecular complexity index is 271. The lowest BCUT2D eigenvalue weighted by Crippen LogP contribution is -2.16. The van der Waals surface area contributed by atoms with Crippen LogP contribution < -0.4 is 0 Å². The first-order chi connectivity index (χ1) is 8.34. The van der Waals surface area contributed by atoms with Gasteiger partial charge in [0.1, 0.15) is 5.82 Å². The van der Waals surface area contributed by atoms with E-state index in [1.54, 1.807) is 0 Å². The van der Waals surface area contributed by atoms with Gasteiger partial charge in [0.25, 0.3) is 0 Å². The summed E-state index contributed by atoms with van der Waals surface area (Å²) in [6.45, 7) is 5.33. The van der Waals surface area contributed by atoms with Crippen molar-refractivity contribution >= 4 is 0 Å². The Morgan fingerprint density at radius 2 is 1.82 bits per heavy atom. The summed E-state index contributed by atoms with van der Waals surface area (Å²) in [5, 5.41) is 0. The van der Waals surface area contributed by atoms with Crippen LogP contribution in [0, 0.1) is 0 Å². The maximum Gasteiger partial charge on any atom is 0.108 e. The van der Waals surface area contributed by atoms with E-state index >= 15 is 0 Å². The molecule has 0 bridgehead atoms. The third kappa shape index (κ3) is 6.44. The molecule has 17 heavy (non-hydrogen) atoms. The molecule has 1 aliphatic heterocycles. The lowest BCUT2D eigenvalue weighted by molar-refractivity contribution is -0.0334. The molecule has 98 valence electrons. The smallest absolute Gasteiger partial charge is 0.108 e. The van der Waals surface area contributed by atoms with Gasteiger partial charge in [-0.15, -0.1) is 0 Å². The number of aryl methyl sites for hydroxylation is 2. The highest BCUT2D eigenvalue weighted by molar-refractivity contribution is 4.90. The SMILES string of the molecule is C1COCCO1.CCCCCc1nccn1C. The summed E-state index contributed by atoms with van der Waals surface area (Å²) in [6.07, 6.45) is 8.85. The zero-order valence-corrected chi connectivity index (χ0v) is 11.0. The maximum atomic E-state index is 4.94. The van der Waals surface area contributed by atoms with Crippen molar-refractivity contribution in [3.63, 3.8) is 0 Å². The van der Waals surface area contributed by atoms with E-state index in [2.05, 4.69) is 16.5 Å². The van der Waals surface area contributed by atoms with Crippen LogP contribution in [0.4, 0.5) is 0 Å². The van der Waals surface area contributed by atoms with E-state index in [-0.39, 0.29) is 0 Å². The highest BCUT2D eigenvalue weighted by atomic mass is 16.6. The quantitative estimate of drug-likeness (QED) is 0.757. The number of rotatable bonds is 4. The molecule has 1 fully saturated rings. The molecule has 0 spiro atoms. The lowest BCUT2D eigenvalue weighted by atomic mass is 10.2. The summed E-state index contributed by atoms with van der Waals surface area (Å²) >= 11 is 0. The van der Waals surface area contributed by atoms with Gasteiger partial charge in [-0.25, -0.2) is 4.98 Å². The molecule has 0 atom stereocenters. The molecule has 1 aliphatic rings. The first-order valence-electron chi connectivity index (χ1n) is 6.46. The van der Waals surface area contributed by atoms with Crippen molar-refractivity contribution in [1.82, 2.24) is 9.55 Å². The molecule has 1 saturated heterocycles. The summed E-state index contributed by atoms with van der Waals surface area (Å²) in [4.78, 5) is 4.25. The fourth-order valence-corrected chi connectivity index (χ4v) is 1.61. The van der Waals surface area contributed by atoms with Gasteiger partial charge < -0.3 is 14.0 Å². The van der Waals surface area contributed by atoms with Crippen molar-refractivity contribution in [1.29, 1.82) is 0 Å². The Hall–Kier alpha value is -0.870. The zero-order valence-electron chi connectivity index (χ0n) is 11.0. The van der Waals surface area contributed by atoms with E-state index < -0.39 is 0 Å². The zero-order chi connectivity index (χ0) is 12.3. The number of hydrogen-bond donors (Lipinski definition) is 0. The van der Waals surface area contributed by atoms with Gasteiger partial charge in [-0.3, -0.25) is 0 Å². The Balaban J connectivity index is 0.000000202. The van der Waals surface area contributed by atoms with E-state index in [0.717, 1.165) is 32.8 Å². The Morgan fingerprint density at radius 3 is 2.24 bits per heavy atom. The second kappa shape index (κ2) is 9.19. The molecule has 0 unspecified atom stereocenters. The average molecular weight is 240 g/mol. The molecule has 0 aromatic carbocycles. The van der Waals surface area contributed by atoms with Gasteiger partial charge in [0.05, 0.1) is 26.4 Å². The van der Waals surface area contributed by atoms with E-state index in [1.807, 2.05) is 19.4 Å².